The molecule has 4 nitrogen and oxygen atoms in total. The number of rotatable bonds is 7. The van der Waals surface area contributed by atoms with Crippen molar-refractivity contribution in [1.29, 1.82) is 0 Å². The molecule has 0 aliphatic heterocycles. The summed E-state index contributed by atoms with van der Waals surface area (Å²) in [7, 11) is 0. The molecule has 0 N–H and O–H groups in total. The molecule has 31 heavy (non-hydrogen) atoms. The maximum Gasteiger partial charge on any atom is 0.311 e. The minimum atomic E-state index is -0.457. The van der Waals surface area contributed by atoms with E-state index < -0.39 is 5.41 Å². The molecule has 2 aromatic rings. The number of carbonyl (C=O) groups excluding carboxylic acids is 2. The number of ether oxygens (including phenoxy) is 2. The van der Waals surface area contributed by atoms with Gasteiger partial charge in [0.25, 0.3) is 0 Å². The van der Waals surface area contributed by atoms with Crippen LogP contribution in [0.2, 0.25) is 0 Å². The van der Waals surface area contributed by atoms with Crippen LogP contribution in [0.15, 0.2) is 54.6 Å². The third-order valence-electron chi connectivity index (χ3n) is 6.50. The Hall–Kier alpha value is -2.62. The highest BCUT2D eigenvalue weighted by atomic mass is 16.5. The van der Waals surface area contributed by atoms with Crippen molar-refractivity contribution in [1.82, 2.24) is 0 Å². The second-order valence-electron chi connectivity index (χ2n) is 9.18. The predicted octanol–water partition coefficient (Wildman–Crippen LogP) is 6.50. The summed E-state index contributed by atoms with van der Waals surface area (Å²) in [5, 5.41) is 0. The molecule has 1 saturated carbocycles. The van der Waals surface area contributed by atoms with Crippen LogP contribution in [0, 0.1) is 11.3 Å². The zero-order valence-corrected chi connectivity index (χ0v) is 19.1. The lowest BCUT2D eigenvalue weighted by Gasteiger charge is -2.30. The third kappa shape index (κ3) is 5.96. The Labute approximate surface area is 186 Å². The number of hydrogen-bond donors (Lipinski definition) is 0. The summed E-state index contributed by atoms with van der Waals surface area (Å²) in [6.45, 7) is 7.72. The van der Waals surface area contributed by atoms with Gasteiger partial charge in [0.05, 0.1) is 11.3 Å². The first kappa shape index (κ1) is 23.1. The van der Waals surface area contributed by atoms with E-state index in [9.17, 15) is 9.59 Å². The van der Waals surface area contributed by atoms with Crippen molar-refractivity contribution < 1.29 is 19.1 Å². The Balaban J connectivity index is 1.49. The third-order valence-corrected chi connectivity index (χ3v) is 6.50. The molecule has 0 heterocycles. The van der Waals surface area contributed by atoms with Crippen LogP contribution in [0.4, 0.5) is 0 Å². The first-order valence-electron chi connectivity index (χ1n) is 11.4. The highest BCUT2D eigenvalue weighted by molar-refractivity contribution is 5.76. The van der Waals surface area contributed by atoms with E-state index in [1.807, 2.05) is 58.0 Å². The molecule has 0 saturated heterocycles. The van der Waals surface area contributed by atoms with Gasteiger partial charge in [-0.3, -0.25) is 9.59 Å². The average Bonchev–Trinajstić information content (AvgIpc) is 2.80. The Bertz CT molecular complexity index is 862. The first-order valence-corrected chi connectivity index (χ1v) is 11.4. The number of benzene rings is 2. The summed E-state index contributed by atoms with van der Waals surface area (Å²) in [6, 6.07) is 18.4. The van der Waals surface area contributed by atoms with E-state index in [0.717, 1.165) is 17.5 Å². The van der Waals surface area contributed by atoms with Gasteiger partial charge in [0.1, 0.15) is 12.2 Å². The number of carbonyl (C=O) groups is 2. The average molecular weight is 423 g/mol. The Kier molecular flexibility index (Phi) is 7.53. The lowest BCUT2D eigenvalue weighted by atomic mass is 9.86. The van der Waals surface area contributed by atoms with Gasteiger partial charge < -0.3 is 9.47 Å². The van der Waals surface area contributed by atoms with Crippen molar-refractivity contribution in [3.8, 4) is 11.1 Å². The second-order valence-corrected chi connectivity index (χ2v) is 9.18. The molecule has 1 aliphatic carbocycles. The van der Waals surface area contributed by atoms with Gasteiger partial charge in [-0.1, -0.05) is 61.5 Å². The number of hydrogen-bond acceptors (Lipinski definition) is 4. The van der Waals surface area contributed by atoms with E-state index in [1.165, 1.54) is 5.56 Å². The fourth-order valence-electron chi connectivity index (χ4n) is 3.79. The molecule has 0 bridgehead atoms. The molecule has 0 aromatic heterocycles. The van der Waals surface area contributed by atoms with Crippen LogP contribution in [0.3, 0.4) is 0 Å². The minimum Gasteiger partial charge on any atom is -0.462 e. The van der Waals surface area contributed by atoms with Crippen molar-refractivity contribution in [2.45, 2.75) is 72.0 Å². The molecule has 3 rings (SSSR count). The monoisotopic (exact) mass is 422 g/mol. The van der Waals surface area contributed by atoms with Gasteiger partial charge in [-0.2, -0.15) is 0 Å². The highest BCUT2D eigenvalue weighted by Crippen LogP contribution is 2.32. The topological polar surface area (TPSA) is 52.6 Å². The van der Waals surface area contributed by atoms with Crippen LogP contribution in [0.5, 0.6) is 0 Å². The molecule has 0 amide bonds. The SMILES string of the molecule is CCC(C)(C)C(=O)OC1CCC(C(=O)OC(C)c2ccc(-c3ccccc3)cc2)CC1. The zero-order valence-electron chi connectivity index (χ0n) is 19.1. The van der Waals surface area contributed by atoms with Gasteiger partial charge in [-0.05, 0) is 69.6 Å². The largest absolute Gasteiger partial charge is 0.462 e. The first-order chi connectivity index (χ1) is 14.8. The summed E-state index contributed by atoms with van der Waals surface area (Å²) in [6.07, 6.45) is 3.18. The van der Waals surface area contributed by atoms with Gasteiger partial charge in [-0.15, -0.1) is 0 Å². The normalized spacial score (nSPS) is 20.0. The van der Waals surface area contributed by atoms with Crippen LogP contribution in [0.25, 0.3) is 11.1 Å². The van der Waals surface area contributed by atoms with Crippen LogP contribution in [-0.4, -0.2) is 18.0 Å². The van der Waals surface area contributed by atoms with Crippen LogP contribution >= 0.6 is 0 Å². The number of esters is 2. The molecule has 166 valence electrons. The molecule has 1 atom stereocenters. The van der Waals surface area contributed by atoms with E-state index in [0.29, 0.717) is 25.7 Å². The molecular formula is C27H34O4. The fourth-order valence-corrected chi connectivity index (χ4v) is 3.79. The molecule has 1 aliphatic rings. The second kappa shape index (κ2) is 10.1. The van der Waals surface area contributed by atoms with E-state index in [1.54, 1.807) is 0 Å². The van der Waals surface area contributed by atoms with Crippen molar-refractivity contribution in [2.75, 3.05) is 0 Å². The van der Waals surface area contributed by atoms with Gasteiger partial charge in [0.2, 0.25) is 0 Å². The smallest absolute Gasteiger partial charge is 0.311 e. The Morgan fingerprint density at radius 2 is 1.52 bits per heavy atom. The van der Waals surface area contributed by atoms with Gasteiger partial charge in [0, 0.05) is 0 Å². The highest BCUT2D eigenvalue weighted by Gasteiger charge is 2.33. The van der Waals surface area contributed by atoms with Crippen molar-refractivity contribution in [3.63, 3.8) is 0 Å². The van der Waals surface area contributed by atoms with E-state index in [4.69, 9.17) is 9.47 Å². The molecule has 2 aromatic carbocycles. The maximum absolute atomic E-state index is 12.7. The predicted molar refractivity (Wildman–Crippen MR) is 122 cm³/mol. The van der Waals surface area contributed by atoms with Crippen LogP contribution in [0.1, 0.15) is 71.5 Å². The maximum atomic E-state index is 12.7. The molecule has 4 heteroatoms. The lowest BCUT2D eigenvalue weighted by Crippen LogP contribution is -2.33. The van der Waals surface area contributed by atoms with Crippen molar-refractivity contribution in [2.24, 2.45) is 11.3 Å². The van der Waals surface area contributed by atoms with E-state index in [-0.39, 0.29) is 30.1 Å². The summed E-state index contributed by atoms with van der Waals surface area (Å²) in [5.74, 6) is -0.424. The van der Waals surface area contributed by atoms with E-state index in [2.05, 4.69) is 24.3 Å². The lowest BCUT2D eigenvalue weighted by molar-refractivity contribution is -0.163. The fraction of sp³-hybridized carbons (Fsp3) is 0.481. The van der Waals surface area contributed by atoms with Crippen molar-refractivity contribution >= 4 is 11.9 Å². The summed E-state index contributed by atoms with van der Waals surface area (Å²) in [5.41, 5.74) is 2.83. The summed E-state index contributed by atoms with van der Waals surface area (Å²) < 4.78 is 11.4. The van der Waals surface area contributed by atoms with Gasteiger partial charge in [0.15, 0.2) is 0 Å². The summed E-state index contributed by atoms with van der Waals surface area (Å²) >= 11 is 0. The summed E-state index contributed by atoms with van der Waals surface area (Å²) in [4.78, 5) is 25.0. The molecular weight excluding hydrogens is 388 g/mol. The zero-order chi connectivity index (χ0) is 22.4. The molecule has 0 radical (unpaired) electrons. The molecule has 1 fully saturated rings. The van der Waals surface area contributed by atoms with Crippen molar-refractivity contribution in [3.05, 3.63) is 60.2 Å². The minimum absolute atomic E-state index is 0.0923. The van der Waals surface area contributed by atoms with Crippen LogP contribution in [-0.2, 0) is 19.1 Å². The van der Waals surface area contributed by atoms with Gasteiger partial charge in [-0.25, -0.2) is 0 Å². The molecule has 1 unspecified atom stereocenters. The van der Waals surface area contributed by atoms with Crippen LogP contribution < -0.4 is 0 Å². The van der Waals surface area contributed by atoms with Gasteiger partial charge >= 0.3 is 11.9 Å². The molecule has 0 spiro atoms. The standard InChI is InChI=1S/C27H34O4/c1-5-27(3,4)26(29)31-24-17-15-23(16-18-24)25(28)30-19(2)20-11-13-22(14-12-20)21-9-7-6-8-10-21/h6-14,19,23-24H,5,15-18H2,1-4H3. The van der Waals surface area contributed by atoms with E-state index >= 15 is 0 Å². The Morgan fingerprint density at radius 3 is 2.10 bits per heavy atom. The quantitative estimate of drug-likeness (QED) is 0.478. The Morgan fingerprint density at radius 1 is 0.935 bits per heavy atom.